The van der Waals surface area contributed by atoms with E-state index in [-0.39, 0.29) is 5.91 Å². The maximum absolute atomic E-state index is 11.6. The van der Waals surface area contributed by atoms with E-state index < -0.39 is 0 Å². The lowest BCUT2D eigenvalue weighted by Crippen LogP contribution is -2.32. The summed E-state index contributed by atoms with van der Waals surface area (Å²) in [5.41, 5.74) is 7.75. The minimum absolute atomic E-state index is 0.196. The van der Waals surface area contributed by atoms with Gasteiger partial charge in [-0.3, -0.25) is 9.69 Å². The highest BCUT2D eigenvalue weighted by molar-refractivity contribution is 5.75. The Balaban J connectivity index is 2.48. The highest BCUT2D eigenvalue weighted by Gasteiger charge is 2.11. The van der Waals surface area contributed by atoms with E-state index in [0.717, 1.165) is 25.2 Å². The second-order valence-electron chi connectivity index (χ2n) is 5.70. The first kappa shape index (κ1) is 16.5. The first-order valence-corrected chi connectivity index (χ1v) is 7.18. The van der Waals surface area contributed by atoms with Gasteiger partial charge in [0.25, 0.3) is 0 Å². The molecule has 1 aromatic rings. The first-order valence-electron chi connectivity index (χ1n) is 7.18. The zero-order valence-electron chi connectivity index (χ0n) is 13.1. The number of hydrogen-bond acceptors (Lipinski definition) is 3. The van der Waals surface area contributed by atoms with E-state index >= 15 is 0 Å². The Bertz CT molecular complexity index is 412. The van der Waals surface area contributed by atoms with Crippen molar-refractivity contribution in [2.75, 3.05) is 26.4 Å². The lowest BCUT2D eigenvalue weighted by atomic mass is 10.1. The zero-order chi connectivity index (χ0) is 15.1. The maximum Gasteiger partial charge on any atom is 0.222 e. The molecular weight excluding hydrogens is 250 g/mol. The van der Waals surface area contributed by atoms with Gasteiger partial charge in [-0.2, -0.15) is 0 Å². The summed E-state index contributed by atoms with van der Waals surface area (Å²) in [6.07, 6.45) is 1.50. The summed E-state index contributed by atoms with van der Waals surface area (Å²) in [5, 5.41) is 0. The van der Waals surface area contributed by atoms with Crippen molar-refractivity contribution in [1.29, 1.82) is 0 Å². The topological polar surface area (TPSA) is 49.6 Å². The largest absolute Gasteiger partial charge is 0.399 e. The van der Waals surface area contributed by atoms with Crippen molar-refractivity contribution in [3.05, 3.63) is 29.8 Å². The Morgan fingerprint density at radius 1 is 1.20 bits per heavy atom. The van der Waals surface area contributed by atoms with Gasteiger partial charge in [-0.15, -0.1) is 0 Å². The Hall–Kier alpha value is -1.55. The predicted molar refractivity (Wildman–Crippen MR) is 84.3 cm³/mol. The fourth-order valence-corrected chi connectivity index (χ4v) is 2.03. The first-order chi connectivity index (χ1) is 9.40. The van der Waals surface area contributed by atoms with Crippen LogP contribution in [0, 0.1) is 0 Å². The highest BCUT2D eigenvalue weighted by Crippen LogP contribution is 2.12. The third kappa shape index (κ3) is 5.61. The molecule has 4 nitrogen and oxygen atoms in total. The van der Waals surface area contributed by atoms with Crippen molar-refractivity contribution < 1.29 is 4.79 Å². The summed E-state index contributed by atoms with van der Waals surface area (Å²) in [6.45, 7) is 6.20. The van der Waals surface area contributed by atoms with Crippen LogP contribution < -0.4 is 5.73 Å². The minimum Gasteiger partial charge on any atom is -0.399 e. The van der Waals surface area contributed by atoms with Crippen LogP contribution in [0.15, 0.2) is 24.3 Å². The molecule has 0 bridgehead atoms. The average Bonchev–Trinajstić information content (AvgIpc) is 2.39. The summed E-state index contributed by atoms with van der Waals surface area (Å²) >= 11 is 0. The van der Waals surface area contributed by atoms with Gasteiger partial charge in [0.2, 0.25) is 5.91 Å². The number of hydrogen-bond donors (Lipinski definition) is 1. The highest BCUT2D eigenvalue weighted by atomic mass is 16.2. The number of nitrogens with two attached hydrogens (primary N) is 1. The Morgan fingerprint density at radius 2 is 1.80 bits per heavy atom. The molecule has 4 heteroatoms. The van der Waals surface area contributed by atoms with E-state index in [2.05, 4.69) is 30.9 Å². The van der Waals surface area contributed by atoms with E-state index in [9.17, 15) is 4.79 Å². The molecule has 2 N–H and O–H groups in total. The molecule has 0 aromatic heterocycles. The normalized spacial score (nSPS) is 11.1. The molecule has 0 aliphatic heterocycles. The standard InChI is InChI=1S/C16H27N3O/c1-13(2)19(11-5-6-16(20)18(3)4)12-14-7-9-15(17)10-8-14/h7-10,13H,5-6,11-12,17H2,1-4H3. The molecule has 112 valence electrons. The van der Waals surface area contributed by atoms with Crippen molar-refractivity contribution in [2.45, 2.75) is 39.3 Å². The van der Waals surface area contributed by atoms with Gasteiger partial charge in [-0.05, 0) is 44.5 Å². The lowest BCUT2D eigenvalue weighted by Gasteiger charge is -2.26. The molecule has 20 heavy (non-hydrogen) atoms. The predicted octanol–water partition coefficient (Wildman–Crippen LogP) is 2.35. The number of nitrogens with zero attached hydrogens (tertiary/aromatic N) is 2. The number of rotatable bonds is 7. The Labute approximate surface area is 122 Å². The van der Waals surface area contributed by atoms with Gasteiger partial charge in [0.15, 0.2) is 0 Å². The molecular formula is C16H27N3O. The van der Waals surface area contributed by atoms with Crippen LogP contribution in [0.25, 0.3) is 0 Å². The fourth-order valence-electron chi connectivity index (χ4n) is 2.03. The van der Waals surface area contributed by atoms with Crippen LogP contribution in [-0.4, -0.2) is 42.4 Å². The van der Waals surface area contributed by atoms with Gasteiger partial charge in [0.1, 0.15) is 0 Å². The summed E-state index contributed by atoms with van der Waals surface area (Å²) in [4.78, 5) is 15.6. The quantitative estimate of drug-likeness (QED) is 0.778. The zero-order valence-corrected chi connectivity index (χ0v) is 13.1. The third-order valence-electron chi connectivity index (χ3n) is 3.43. The lowest BCUT2D eigenvalue weighted by molar-refractivity contribution is -0.128. The Kier molecular flexibility index (Phi) is 6.52. The number of benzene rings is 1. The van der Waals surface area contributed by atoms with E-state index in [0.29, 0.717) is 12.5 Å². The summed E-state index contributed by atoms with van der Waals surface area (Å²) in [5.74, 6) is 0.196. The molecule has 0 aliphatic carbocycles. The third-order valence-corrected chi connectivity index (χ3v) is 3.43. The second kappa shape index (κ2) is 7.90. The number of amides is 1. The molecule has 0 heterocycles. The smallest absolute Gasteiger partial charge is 0.222 e. The van der Waals surface area contributed by atoms with Crippen LogP contribution in [0.3, 0.4) is 0 Å². The van der Waals surface area contributed by atoms with Crippen LogP contribution in [0.1, 0.15) is 32.3 Å². The molecule has 0 fully saturated rings. The summed E-state index contributed by atoms with van der Waals surface area (Å²) in [7, 11) is 3.61. The number of carbonyl (C=O) groups excluding carboxylic acids is 1. The second-order valence-corrected chi connectivity index (χ2v) is 5.70. The summed E-state index contributed by atoms with van der Waals surface area (Å²) in [6, 6.07) is 8.46. The van der Waals surface area contributed by atoms with Crippen LogP contribution in [-0.2, 0) is 11.3 Å². The van der Waals surface area contributed by atoms with E-state index in [1.807, 2.05) is 12.1 Å². The van der Waals surface area contributed by atoms with Crippen LogP contribution >= 0.6 is 0 Å². The van der Waals surface area contributed by atoms with Gasteiger partial charge >= 0.3 is 0 Å². The fraction of sp³-hybridized carbons (Fsp3) is 0.562. The van der Waals surface area contributed by atoms with Crippen LogP contribution in [0.5, 0.6) is 0 Å². The van der Waals surface area contributed by atoms with Crippen molar-refractivity contribution in [3.8, 4) is 0 Å². The van der Waals surface area contributed by atoms with Gasteiger partial charge in [0.05, 0.1) is 0 Å². The molecule has 0 spiro atoms. The van der Waals surface area contributed by atoms with Gasteiger partial charge in [-0.1, -0.05) is 12.1 Å². The molecule has 0 saturated heterocycles. The molecule has 0 atom stereocenters. The van der Waals surface area contributed by atoms with Crippen LogP contribution in [0.4, 0.5) is 5.69 Å². The van der Waals surface area contributed by atoms with Gasteiger partial charge in [-0.25, -0.2) is 0 Å². The van der Waals surface area contributed by atoms with Crippen molar-refractivity contribution >= 4 is 11.6 Å². The van der Waals surface area contributed by atoms with Crippen molar-refractivity contribution in [3.63, 3.8) is 0 Å². The number of anilines is 1. The molecule has 0 radical (unpaired) electrons. The molecule has 1 amide bonds. The molecule has 0 aliphatic rings. The number of nitrogen functional groups attached to an aromatic ring is 1. The number of carbonyl (C=O) groups is 1. The molecule has 0 unspecified atom stereocenters. The van der Waals surface area contributed by atoms with Gasteiger partial charge < -0.3 is 10.6 Å². The van der Waals surface area contributed by atoms with Gasteiger partial charge in [0, 0.05) is 38.8 Å². The summed E-state index contributed by atoms with van der Waals surface area (Å²) < 4.78 is 0. The van der Waals surface area contributed by atoms with Crippen molar-refractivity contribution in [2.24, 2.45) is 0 Å². The molecule has 0 saturated carbocycles. The Morgan fingerprint density at radius 3 is 2.30 bits per heavy atom. The SMILES string of the molecule is CC(C)N(CCCC(=O)N(C)C)Cc1ccc(N)cc1. The average molecular weight is 277 g/mol. The molecule has 1 aromatic carbocycles. The molecule has 1 rings (SSSR count). The minimum atomic E-state index is 0.196. The van der Waals surface area contributed by atoms with Crippen LogP contribution in [0.2, 0.25) is 0 Å². The monoisotopic (exact) mass is 277 g/mol. The van der Waals surface area contributed by atoms with E-state index in [1.54, 1.807) is 19.0 Å². The van der Waals surface area contributed by atoms with E-state index in [4.69, 9.17) is 5.73 Å². The van der Waals surface area contributed by atoms with Crippen molar-refractivity contribution in [1.82, 2.24) is 9.80 Å². The van der Waals surface area contributed by atoms with E-state index in [1.165, 1.54) is 5.56 Å². The maximum atomic E-state index is 11.6.